The minimum atomic E-state index is -0.453. The van der Waals surface area contributed by atoms with E-state index in [0.717, 1.165) is 48.2 Å². The summed E-state index contributed by atoms with van der Waals surface area (Å²) >= 11 is 2.42. The maximum atomic E-state index is 12.5. The Bertz CT molecular complexity index is 1280. The number of hydrogen-bond acceptors (Lipinski definition) is 6. The van der Waals surface area contributed by atoms with E-state index in [4.69, 9.17) is 14.5 Å². The van der Waals surface area contributed by atoms with E-state index in [2.05, 4.69) is 52.1 Å². The van der Waals surface area contributed by atoms with Gasteiger partial charge in [0.2, 0.25) is 0 Å². The highest BCUT2D eigenvalue weighted by molar-refractivity contribution is 14.1. The maximum absolute atomic E-state index is 12.5. The zero-order valence-electron chi connectivity index (χ0n) is 21.7. The molecule has 8 heteroatoms. The third-order valence-electron chi connectivity index (χ3n) is 6.97. The van der Waals surface area contributed by atoms with Crippen LogP contribution in [0.25, 0.3) is 11.0 Å². The lowest BCUT2D eigenvalue weighted by Crippen LogP contribution is -2.33. The van der Waals surface area contributed by atoms with E-state index in [1.165, 1.54) is 27.5 Å². The predicted octanol–water partition coefficient (Wildman–Crippen LogP) is 6.78. The molecule has 0 radical (unpaired) electrons. The molecule has 3 aromatic rings. The van der Waals surface area contributed by atoms with Crippen LogP contribution in [0.15, 0.2) is 24.3 Å². The summed E-state index contributed by atoms with van der Waals surface area (Å²) in [5, 5.41) is 8.20. The van der Waals surface area contributed by atoms with Gasteiger partial charge in [-0.25, -0.2) is 4.98 Å². The summed E-state index contributed by atoms with van der Waals surface area (Å²) in [5.74, 6) is 1.82. The average Bonchev–Trinajstić information content (AvgIpc) is 3.61. The van der Waals surface area contributed by atoms with Gasteiger partial charge in [0.15, 0.2) is 5.52 Å². The van der Waals surface area contributed by atoms with Crippen LogP contribution in [0.4, 0.5) is 11.5 Å². The molecule has 0 unspecified atom stereocenters. The van der Waals surface area contributed by atoms with E-state index in [1.807, 2.05) is 44.6 Å². The number of nitrogens with zero attached hydrogens (tertiary/aromatic N) is 3. The van der Waals surface area contributed by atoms with Gasteiger partial charge in [-0.05, 0) is 130 Å². The zero-order valence-corrected chi connectivity index (χ0v) is 23.9. The van der Waals surface area contributed by atoms with Crippen molar-refractivity contribution in [1.29, 1.82) is 0 Å². The van der Waals surface area contributed by atoms with Gasteiger partial charge in [0.05, 0.1) is 11.4 Å². The summed E-state index contributed by atoms with van der Waals surface area (Å²) < 4.78 is 15.1. The lowest BCUT2D eigenvalue weighted by Gasteiger charge is -2.29. The predicted molar refractivity (Wildman–Crippen MR) is 150 cm³/mol. The molecular formula is C28H35IN4O3. The van der Waals surface area contributed by atoms with E-state index in [-0.39, 0.29) is 18.0 Å². The molecule has 2 fully saturated rings. The number of aromatic nitrogens is 3. The molecule has 0 atom stereocenters. The maximum Gasteiger partial charge on any atom is 0.309 e. The smallest absolute Gasteiger partial charge is 0.309 e. The van der Waals surface area contributed by atoms with Gasteiger partial charge in [0.25, 0.3) is 5.88 Å². The molecule has 2 heterocycles. The van der Waals surface area contributed by atoms with Gasteiger partial charge < -0.3 is 14.8 Å². The Kier molecular flexibility index (Phi) is 6.91. The molecule has 5 rings (SSSR count). The average molecular weight is 603 g/mol. The molecule has 0 aliphatic heterocycles. The second kappa shape index (κ2) is 9.84. The van der Waals surface area contributed by atoms with Crippen LogP contribution in [0.1, 0.15) is 76.3 Å². The molecule has 1 N–H and O–H groups in total. The van der Waals surface area contributed by atoms with Crippen LogP contribution in [-0.4, -0.2) is 32.4 Å². The number of hydrogen-bond donors (Lipinski definition) is 1. The van der Waals surface area contributed by atoms with Crippen molar-refractivity contribution < 1.29 is 14.3 Å². The molecule has 2 aliphatic rings. The second-order valence-electron chi connectivity index (χ2n) is 11.2. The van der Waals surface area contributed by atoms with Crippen molar-refractivity contribution in [3.8, 4) is 5.88 Å². The second-order valence-corrected chi connectivity index (χ2v) is 12.4. The summed E-state index contributed by atoms with van der Waals surface area (Å²) in [6.45, 7) is 7.88. The van der Waals surface area contributed by atoms with E-state index >= 15 is 0 Å². The molecule has 0 bridgehead atoms. The number of nitrogens with one attached hydrogen (secondary N) is 1. The molecule has 2 aliphatic carbocycles. The van der Waals surface area contributed by atoms with Crippen LogP contribution in [0.2, 0.25) is 0 Å². The fraction of sp³-hybridized carbons (Fsp3) is 0.536. The first-order valence-corrected chi connectivity index (χ1v) is 14.0. The number of anilines is 2. The van der Waals surface area contributed by atoms with Crippen LogP contribution >= 0.6 is 22.6 Å². The monoisotopic (exact) mass is 602 g/mol. The summed E-state index contributed by atoms with van der Waals surface area (Å²) in [7, 11) is 1.91. The molecule has 0 saturated heterocycles. The van der Waals surface area contributed by atoms with Crippen LogP contribution in [0, 0.1) is 16.4 Å². The lowest BCUT2D eigenvalue weighted by atomic mass is 9.87. The fourth-order valence-electron chi connectivity index (χ4n) is 4.89. The number of aryl methyl sites for hydroxylation is 2. The number of ether oxygens (including phenoxy) is 2. The molecular weight excluding hydrogens is 567 g/mol. The molecule has 7 nitrogen and oxygen atoms in total. The van der Waals surface area contributed by atoms with Crippen LogP contribution in [-0.2, 0) is 16.6 Å². The number of carbonyl (C=O) groups excluding carboxylic acids is 1. The topological polar surface area (TPSA) is 78.3 Å². The molecule has 0 amide bonds. The number of halogens is 1. The van der Waals surface area contributed by atoms with E-state index < -0.39 is 5.60 Å². The molecule has 192 valence electrons. The third kappa shape index (κ3) is 5.63. The number of pyridine rings is 1. The number of esters is 1. The van der Waals surface area contributed by atoms with Gasteiger partial charge >= 0.3 is 5.97 Å². The third-order valence-corrected chi connectivity index (χ3v) is 8.13. The van der Waals surface area contributed by atoms with Crippen molar-refractivity contribution in [2.75, 3.05) is 5.32 Å². The normalized spacial score (nSPS) is 20.4. The van der Waals surface area contributed by atoms with Crippen molar-refractivity contribution in [3.05, 3.63) is 39.0 Å². The van der Waals surface area contributed by atoms with Crippen molar-refractivity contribution in [3.63, 3.8) is 0 Å². The Balaban J connectivity index is 1.31. The van der Waals surface area contributed by atoms with Crippen LogP contribution < -0.4 is 10.1 Å². The van der Waals surface area contributed by atoms with Gasteiger partial charge in [-0.3, -0.25) is 9.48 Å². The number of fused-ring (bicyclic) bond motifs is 1. The van der Waals surface area contributed by atoms with Gasteiger partial charge in [0, 0.05) is 16.3 Å². The first kappa shape index (κ1) is 25.3. The number of rotatable bonds is 6. The first-order valence-electron chi connectivity index (χ1n) is 12.9. The summed E-state index contributed by atoms with van der Waals surface area (Å²) in [5.41, 5.74) is 5.00. The van der Waals surface area contributed by atoms with E-state index in [1.54, 1.807) is 0 Å². The van der Waals surface area contributed by atoms with Crippen molar-refractivity contribution >= 4 is 51.1 Å². The summed E-state index contributed by atoms with van der Waals surface area (Å²) in [4.78, 5) is 17.4. The summed E-state index contributed by atoms with van der Waals surface area (Å²) in [6, 6.07) is 8.58. The Morgan fingerprint density at radius 2 is 1.83 bits per heavy atom. The van der Waals surface area contributed by atoms with Gasteiger partial charge in [-0.15, -0.1) is 5.10 Å². The lowest BCUT2D eigenvalue weighted by molar-refractivity contribution is -0.161. The molecule has 2 saturated carbocycles. The van der Waals surface area contributed by atoms with E-state index in [0.29, 0.717) is 11.8 Å². The van der Waals surface area contributed by atoms with E-state index in [9.17, 15) is 4.79 Å². The Hall–Kier alpha value is -2.36. The number of carbonyl (C=O) groups is 1. The van der Waals surface area contributed by atoms with Crippen LogP contribution in [0.5, 0.6) is 5.88 Å². The highest BCUT2D eigenvalue weighted by Gasteiger charge is 2.31. The largest absolute Gasteiger partial charge is 0.472 e. The van der Waals surface area contributed by atoms with Crippen molar-refractivity contribution in [1.82, 2.24) is 14.8 Å². The fourth-order valence-corrected chi connectivity index (χ4v) is 5.38. The zero-order chi connectivity index (χ0) is 25.6. The molecule has 36 heavy (non-hydrogen) atoms. The Morgan fingerprint density at radius 3 is 2.50 bits per heavy atom. The number of benzene rings is 1. The minimum Gasteiger partial charge on any atom is -0.472 e. The highest BCUT2D eigenvalue weighted by Crippen LogP contribution is 2.45. The Morgan fingerprint density at radius 1 is 1.11 bits per heavy atom. The van der Waals surface area contributed by atoms with Crippen LogP contribution in [0.3, 0.4) is 0 Å². The van der Waals surface area contributed by atoms with Gasteiger partial charge in [-0.1, -0.05) is 0 Å². The van der Waals surface area contributed by atoms with Gasteiger partial charge in [0.1, 0.15) is 17.5 Å². The quantitative estimate of drug-likeness (QED) is 0.248. The van der Waals surface area contributed by atoms with Crippen molar-refractivity contribution in [2.24, 2.45) is 13.0 Å². The highest BCUT2D eigenvalue weighted by atomic mass is 127. The standard InChI is InChI=1S/C28H35IN4O3/c1-16-14-22(20(15-21(16)29)17-6-7-17)30-24-13-12-23-25(31-24)26(32-33(23)5)35-19-10-8-18(9-11-19)27(34)36-28(2,3)4/h12-15,17-19H,6-11H2,1-5H3,(H,30,31). The molecule has 2 aromatic heterocycles. The molecule has 0 spiro atoms. The SMILES string of the molecule is Cc1cc(Nc2ccc3c(n2)c(OC2CCC(C(=O)OC(C)(C)C)CC2)nn3C)c(C2CC2)cc1I. The summed E-state index contributed by atoms with van der Waals surface area (Å²) in [6.07, 6.45) is 5.63. The Labute approximate surface area is 226 Å². The van der Waals surface area contributed by atoms with Gasteiger partial charge in [-0.2, -0.15) is 0 Å². The minimum absolute atomic E-state index is 0.0144. The van der Waals surface area contributed by atoms with Crippen molar-refractivity contribution in [2.45, 2.75) is 83.8 Å². The molecule has 1 aromatic carbocycles. The first-order chi connectivity index (χ1) is 17.1.